The molecule has 0 bridgehead atoms. The molecule has 0 saturated heterocycles. The Morgan fingerprint density at radius 1 is 1.50 bits per heavy atom. The molecule has 0 aromatic carbocycles. The number of hydrogen-bond acceptors (Lipinski definition) is 4. The van der Waals surface area contributed by atoms with E-state index in [1.54, 1.807) is 25.3 Å². The standard InChI is InChI=1S/C10H7BrN2O3/c1-5-8(10(14)15)9(13-16-5)7-3-2-6(11)4-12-7/h2-4H,1H3,(H,14,15). The molecular formula is C10H7BrN2O3. The lowest BCUT2D eigenvalue weighted by atomic mass is 10.1. The summed E-state index contributed by atoms with van der Waals surface area (Å²) >= 11 is 3.25. The largest absolute Gasteiger partial charge is 0.477 e. The van der Waals surface area contributed by atoms with Crippen LogP contribution in [0.5, 0.6) is 0 Å². The van der Waals surface area contributed by atoms with E-state index in [4.69, 9.17) is 9.63 Å². The number of carboxylic acid groups (broad SMARTS) is 1. The highest BCUT2D eigenvalue weighted by Gasteiger charge is 2.21. The number of aryl methyl sites for hydroxylation is 1. The second-order valence-electron chi connectivity index (χ2n) is 3.13. The molecule has 2 aromatic rings. The SMILES string of the molecule is Cc1onc(-c2ccc(Br)cn2)c1C(=O)O. The molecule has 2 aromatic heterocycles. The zero-order valence-corrected chi connectivity index (χ0v) is 9.85. The van der Waals surface area contributed by atoms with Crippen molar-refractivity contribution in [2.24, 2.45) is 0 Å². The van der Waals surface area contributed by atoms with Crippen LogP contribution >= 0.6 is 15.9 Å². The first kappa shape index (κ1) is 10.8. The number of pyridine rings is 1. The van der Waals surface area contributed by atoms with E-state index < -0.39 is 5.97 Å². The van der Waals surface area contributed by atoms with Crippen LogP contribution in [0.4, 0.5) is 0 Å². The Labute approximate surface area is 99.2 Å². The average molecular weight is 283 g/mol. The Balaban J connectivity index is 2.56. The zero-order valence-electron chi connectivity index (χ0n) is 8.27. The van der Waals surface area contributed by atoms with Gasteiger partial charge in [-0.25, -0.2) is 4.79 Å². The summed E-state index contributed by atoms with van der Waals surface area (Å²) in [5.41, 5.74) is 0.768. The number of hydrogen-bond donors (Lipinski definition) is 1. The van der Waals surface area contributed by atoms with Crippen molar-refractivity contribution in [1.82, 2.24) is 10.1 Å². The van der Waals surface area contributed by atoms with Gasteiger partial charge in [0.2, 0.25) is 0 Å². The fourth-order valence-corrected chi connectivity index (χ4v) is 1.55. The third kappa shape index (κ3) is 1.83. The molecule has 1 N–H and O–H groups in total. The van der Waals surface area contributed by atoms with E-state index in [1.165, 1.54) is 0 Å². The zero-order chi connectivity index (χ0) is 11.7. The minimum atomic E-state index is -1.07. The quantitative estimate of drug-likeness (QED) is 0.916. The van der Waals surface area contributed by atoms with Crippen LogP contribution in [0.2, 0.25) is 0 Å². The van der Waals surface area contributed by atoms with E-state index >= 15 is 0 Å². The maximum Gasteiger partial charge on any atom is 0.341 e. The van der Waals surface area contributed by atoms with Crippen molar-refractivity contribution in [1.29, 1.82) is 0 Å². The topological polar surface area (TPSA) is 76.2 Å². The number of halogens is 1. The van der Waals surface area contributed by atoms with E-state index in [0.717, 1.165) is 4.47 Å². The van der Waals surface area contributed by atoms with Crippen LogP contribution < -0.4 is 0 Å². The molecule has 2 heterocycles. The van der Waals surface area contributed by atoms with Crippen molar-refractivity contribution in [2.75, 3.05) is 0 Å². The van der Waals surface area contributed by atoms with Crippen LogP contribution in [0.25, 0.3) is 11.4 Å². The highest BCUT2D eigenvalue weighted by atomic mass is 79.9. The molecule has 82 valence electrons. The Morgan fingerprint density at radius 2 is 2.25 bits per heavy atom. The van der Waals surface area contributed by atoms with Crippen molar-refractivity contribution in [2.45, 2.75) is 6.92 Å². The third-order valence-electron chi connectivity index (χ3n) is 2.05. The second kappa shape index (κ2) is 4.05. The summed E-state index contributed by atoms with van der Waals surface area (Å²) in [7, 11) is 0. The molecule has 2 rings (SSSR count). The molecule has 0 amide bonds. The first-order valence-electron chi connectivity index (χ1n) is 4.41. The molecule has 0 aliphatic carbocycles. The van der Waals surface area contributed by atoms with Crippen LogP contribution in [0.1, 0.15) is 16.1 Å². The molecule has 0 saturated carbocycles. The van der Waals surface area contributed by atoms with Crippen molar-refractivity contribution in [3.05, 3.63) is 34.1 Å². The second-order valence-corrected chi connectivity index (χ2v) is 4.04. The van der Waals surface area contributed by atoms with Crippen LogP contribution in [-0.4, -0.2) is 21.2 Å². The molecule has 0 unspecified atom stereocenters. The number of rotatable bonds is 2. The summed E-state index contributed by atoms with van der Waals surface area (Å²) in [6, 6.07) is 3.44. The molecule has 0 aliphatic heterocycles. The number of nitrogens with zero attached hydrogens (tertiary/aromatic N) is 2. The van der Waals surface area contributed by atoms with E-state index in [2.05, 4.69) is 26.1 Å². The molecule has 0 atom stereocenters. The van der Waals surface area contributed by atoms with Gasteiger partial charge in [-0.1, -0.05) is 5.16 Å². The van der Waals surface area contributed by atoms with Gasteiger partial charge in [0, 0.05) is 10.7 Å². The van der Waals surface area contributed by atoms with Gasteiger partial charge in [-0.2, -0.15) is 0 Å². The molecular weight excluding hydrogens is 276 g/mol. The van der Waals surface area contributed by atoms with Gasteiger partial charge in [0.05, 0.1) is 5.69 Å². The van der Waals surface area contributed by atoms with Crippen molar-refractivity contribution < 1.29 is 14.4 Å². The minimum absolute atomic E-state index is 0.0508. The molecule has 0 radical (unpaired) electrons. The van der Waals surface area contributed by atoms with Gasteiger partial charge in [-0.15, -0.1) is 0 Å². The highest BCUT2D eigenvalue weighted by molar-refractivity contribution is 9.10. The molecule has 6 heteroatoms. The number of aromatic carboxylic acids is 1. The molecule has 0 spiro atoms. The van der Waals surface area contributed by atoms with Crippen LogP contribution in [0.15, 0.2) is 27.3 Å². The van der Waals surface area contributed by atoms with Crippen LogP contribution in [-0.2, 0) is 0 Å². The van der Waals surface area contributed by atoms with Gasteiger partial charge < -0.3 is 9.63 Å². The van der Waals surface area contributed by atoms with E-state index in [9.17, 15) is 4.79 Å². The summed E-state index contributed by atoms with van der Waals surface area (Å²) in [6.45, 7) is 1.55. The fraction of sp³-hybridized carbons (Fsp3) is 0.100. The van der Waals surface area contributed by atoms with Crippen molar-refractivity contribution in [3.8, 4) is 11.4 Å². The highest BCUT2D eigenvalue weighted by Crippen LogP contribution is 2.24. The lowest BCUT2D eigenvalue weighted by Gasteiger charge is -1.97. The number of carbonyl (C=O) groups is 1. The van der Waals surface area contributed by atoms with Gasteiger partial charge in [0.25, 0.3) is 0 Å². The number of aromatic nitrogens is 2. The minimum Gasteiger partial charge on any atom is -0.477 e. The van der Waals surface area contributed by atoms with Crippen LogP contribution in [0, 0.1) is 6.92 Å². The third-order valence-corrected chi connectivity index (χ3v) is 2.52. The van der Waals surface area contributed by atoms with Crippen LogP contribution in [0.3, 0.4) is 0 Å². The Hall–Kier alpha value is -1.69. The van der Waals surface area contributed by atoms with E-state index in [-0.39, 0.29) is 17.0 Å². The summed E-state index contributed by atoms with van der Waals surface area (Å²) in [6.07, 6.45) is 1.57. The summed E-state index contributed by atoms with van der Waals surface area (Å²) in [4.78, 5) is 15.1. The monoisotopic (exact) mass is 282 g/mol. The van der Waals surface area contributed by atoms with Gasteiger partial charge in [-0.05, 0) is 35.0 Å². The van der Waals surface area contributed by atoms with Crippen molar-refractivity contribution in [3.63, 3.8) is 0 Å². The normalized spacial score (nSPS) is 10.4. The summed E-state index contributed by atoms with van der Waals surface area (Å²) < 4.78 is 5.67. The Bertz CT molecular complexity index is 533. The smallest absolute Gasteiger partial charge is 0.341 e. The van der Waals surface area contributed by atoms with Gasteiger partial charge in [0.1, 0.15) is 17.0 Å². The number of carboxylic acids is 1. The molecule has 16 heavy (non-hydrogen) atoms. The first-order valence-corrected chi connectivity index (χ1v) is 5.20. The first-order chi connectivity index (χ1) is 7.59. The maximum absolute atomic E-state index is 11.0. The Morgan fingerprint density at radius 3 is 2.81 bits per heavy atom. The summed E-state index contributed by atoms with van der Waals surface area (Å²) in [5, 5.41) is 12.7. The maximum atomic E-state index is 11.0. The fourth-order valence-electron chi connectivity index (χ4n) is 1.31. The van der Waals surface area contributed by atoms with Gasteiger partial charge in [0.15, 0.2) is 0 Å². The average Bonchev–Trinajstić information content (AvgIpc) is 2.61. The molecule has 0 fully saturated rings. The predicted molar refractivity (Wildman–Crippen MR) is 59.1 cm³/mol. The molecule has 0 aliphatic rings. The van der Waals surface area contributed by atoms with E-state index in [1.807, 2.05) is 0 Å². The Kier molecular flexibility index (Phi) is 2.74. The van der Waals surface area contributed by atoms with Gasteiger partial charge in [-0.3, -0.25) is 4.98 Å². The molecule has 5 nitrogen and oxygen atoms in total. The summed E-state index contributed by atoms with van der Waals surface area (Å²) in [5.74, 6) is -0.800. The van der Waals surface area contributed by atoms with Gasteiger partial charge >= 0.3 is 5.97 Å². The predicted octanol–water partition coefficient (Wildman–Crippen LogP) is 2.51. The van der Waals surface area contributed by atoms with Crippen molar-refractivity contribution >= 4 is 21.9 Å². The lowest BCUT2D eigenvalue weighted by Crippen LogP contribution is -1.99. The lowest BCUT2D eigenvalue weighted by molar-refractivity contribution is 0.0695. The van der Waals surface area contributed by atoms with E-state index in [0.29, 0.717) is 5.69 Å².